The van der Waals surface area contributed by atoms with Crippen molar-refractivity contribution in [1.82, 2.24) is 10.2 Å². The number of alkyl halides is 3. The summed E-state index contributed by atoms with van der Waals surface area (Å²) in [7, 11) is 1.63. The zero-order valence-electron chi connectivity index (χ0n) is 21.5. The number of carbonyl (C=O) groups excluding carboxylic acids is 1. The molecule has 0 aliphatic carbocycles. The molecule has 208 valence electrons. The van der Waals surface area contributed by atoms with E-state index in [9.17, 15) is 18.0 Å². The summed E-state index contributed by atoms with van der Waals surface area (Å²) >= 11 is 12.6. The molecule has 1 amide bonds. The molecule has 4 rings (SSSR count). The zero-order valence-corrected chi connectivity index (χ0v) is 23.0. The highest BCUT2D eigenvalue weighted by atomic mass is 35.5. The Morgan fingerprint density at radius 3 is 2.18 bits per heavy atom. The largest absolute Gasteiger partial charge is 0.497 e. The van der Waals surface area contributed by atoms with Crippen LogP contribution in [0.5, 0.6) is 5.75 Å². The standard InChI is InChI=1S/C29H30Cl2F3N3O2/c1-39-27-4-2-26(3-5-27)35-17-20-10-21(12-22(11-20)23-13-24(30)15-25(31)14-23)18-37-8-6-19(7-9-37)16-36-28(38)29(32,33)34/h2-5,10-15,19,35H,6-9,16-18H2,1H3,(H,36,38). The van der Waals surface area contributed by atoms with Gasteiger partial charge in [-0.15, -0.1) is 0 Å². The lowest BCUT2D eigenvalue weighted by Crippen LogP contribution is -2.42. The summed E-state index contributed by atoms with van der Waals surface area (Å²) in [5.41, 5.74) is 5.07. The monoisotopic (exact) mass is 579 g/mol. The molecule has 0 atom stereocenters. The van der Waals surface area contributed by atoms with E-state index < -0.39 is 12.1 Å². The lowest BCUT2D eigenvalue weighted by molar-refractivity contribution is -0.173. The van der Waals surface area contributed by atoms with E-state index >= 15 is 0 Å². The molecule has 5 nitrogen and oxygen atoms in total. The number of amides is 1. The van der Waals surface area contributed by atoms with Gasteiger partial charge in [-0.3, -0.25) is 9.69 Å². The summed E-state index contributed by atoms with van der Waals surface area (Å²) in [6.45, 7) is 2.80. The van der Waals surface area contributed by atoms with Crippen LogP contribution < -0.4 is 15.4 Å². The lowest BCUT2D eigenvalue weighted by Gasteiger charge is -2.32. The molecule has 0 bridgehead atoms. The lowest BCUT2D eigenvalue weighted by atomic mass is 9.95. The van der Waals surface area contributed by atoms with Crippen molar-refractivity contribution in [2.75, 3.05) is 32.1 Å². The van der Waals surface area contributed by atoms with Crippen LogP contribution in [0, 0.1) is 5.92 Å². The van der Waals surface area contributed by atoms with Crippen molar-refractivity contribution in [3.8, 4) is 16.9 Å². The molecule has 1 aliphatic rings. The second-order valence-corrected chi connectivity index (χ2v) is 10.6. The number of nitrogens with zero attached hydrogens (tertiary/aromatic N) is 1. The molecule has 1 heterocycles. The molecule has 0 spiro atoms. The molecular formula is C29H30Cl2F3N3O2. The summed E-state index contributed by atoms with van der Waals surface area (Å²) in [5, 5.41) is 6.58. The number of methoxy groups -OCH3 is 1. The smallest absolute Gasteiger partial charge is 0.471 e. The fourth-order valence-electron chi connectivity index (χ4n) is 4.70. The Hall–Kier alpha value is -2.94. The number of nitrogens with one attached hydrogen (secondary N) is 2. The van der Waals surface area contributed by atoms with Gasteiger partial charge in [-0.2, -0.15) is 13.2 Å². The van der Waals surface area contributed by atoms with Crippen molar-refractivity contribution in [1.29, 1.82) is 0 Å². The fraction of sp³-hybridized carbons (Fsp3) is 0.345. The zero-order chi connectivity index (χ0) is 28.0. The molecule has 10 heteroatoms. The van der Waals surface area contributed by atoms with Crippen molar-refractivity contribution in [3.63, 3.8) is 0 Å². The van der Waals surface area contributed by atoms with Gasteiger partial charge in [0.05, 0.1) is 7.11 Å². The number of hydrogen-bond acceptors (Lipinski definition) is 4. The summed E-state index contributed by atoms with van der Waals surface area (Å²) in [4.78, 5) is 13.4. The Kier molecular flexibility index (Phi) is 9.64. The van der Waals surface area contributed by atoms with Crippen LogP contribution in [0.25, 0.3) is 11.1 Å². The highest BCUT2D eigenvalue weighted by molar-refractivity contribution is 6.35. The van der Waals surface area contributed by atoms with Gasteiger partial charge in [0.15, 0.2) is 0 Å². The molecule has 0 saturated carbocycles. The maximum atomic E-state index is 12.5. The second-order valence-electron chi connectivity index (χ2n) is 9.71. The summed E-state index contributed by atoms with van der Waals surface area (Å²) in [6, 6.07) is 19.6. The molecule has 0 unspecified atom stereocenters. The summed E-state index contributed by atoms with van der Waals surface area (Å²) < 4.78 is 42.7. The van der Waals surface area contributed by atoms with Crippen LogP contribution >= 0.6 is 23.2 Å². The van der Waals surface area contributed by atoms with E-state index in [-0.39, 0.29) is 12.5 Å². The molecule has 0 aromatic heterocycles. The molecule has 0 radical (unpaired) electrons. The summed E-state index contributed by atoms with van der Waals surface area (Å²) in [5.74, 6) is -1.07. The van der Waals surface area contributed by atoms with Crippen molar-refractivity contribution in [3.05, 3.63) is 81.8 Å². The van der Waals surface area contributed by atoms with E-state index in [2.05, 4.69) is 28.4 Å². The van der Waals surface area contributed by atoms with Gasteiger partial charge in [0.2, 0.25) is 0 Å². The third-order valence-electron chi connectivity index (χ3n) is 6.76. The third kappa shape index (κ3) is 8.52. The predicted molar refractivity (Wildman–Crippen MR) is 149 cm³/mol. The highest BCUT2D eigenvalue weighted by Crippen LogP contribution is 2.30. The van der Waals surface area contributed by atoms with E-state index in [1.54, 1.807) is 13.2 Å². The molecule has 1 saturated heterocycles. The van der Waals surface area contributed by atoms with Gasteiger partial charge in [0.1, 0.15) is 5.75 Å². The van der Waals surface area contributed by atoms with E-state index in [1.165, 1.54) is 0 Å². The van der Waals surface area contributed by atoms with Crippen LogP contribution in [0.2, 0.25) is 10.0 Å². The first kappa shape index (κ1) is 29.1. The van der Waals surface area contributed by atoms with Crippen molar-refractivity contribution >= 4 is 34.8 Å². The van der Waals surface area contributed by atoms with E-state index in [0.29, 0.717) is 36.0 Å². The number of ether oxygens (including phenoxy) is 1. The number of likely N-dealkylation sites (tertiary alicyclic amines) is 1. The van der Waals surface area contributed by atoms with Gasteiger partial charge in [-0.05, 0) is 109 Å². The first-order valence-corrected chi connectivity index (χ1v) is 13.4. The number of rotatable bonds is 9. The Labute approximate surface area is 236 Å². The van der Waals surface area contributed by atoms with Crippen LogP contribution in [0.4, 0.5) is 18.9 Å². The van der Waals surface area contributed by atoms with Crippen LogP contribution in [0.3, 0.4) is 0 Å². The van der Waals surface area contributed by atoms with Gasteiger partial charge in [0, 0.05) is 35.4 Å². The SMILES string of the molecule is COc1ccc(NCc2cc(CN3CCC(CNC(=O)C(F)(F)F)CC3)cc(-c3cc(Cl)cc(Cl)c3)c2)cc1. The van der Waals surface area contributed by atoms with E-state index in [1.807, 2.05) is 41.7 Å². The molecule has 2 N–H and O–H groups in total. The first-order valence-electron chi connectivity index (χ1n) is 12.6. The first-order chi connectivity index (χ1) is 18.6. The van der Waals surface area contributed by atoms with Gasteiger partial charge in [-0.25, -0.2) is 0 Å². The molecule has 1 aliphatic heterocycles. The van der Waals surface area contributed by atoms with Gasteiger partial charge in [0.25, 0.3) is 0 Å². The van der Waals surface area contributed by atoms with Crippen molar-refractivity contribution in [2.24, 2.45) is 5.92 Å². The van der Waals surface area contributed by atoms with E-state index in [0.717, 1.165) is 46.8 Å². The molecule has 3 aromatic carbocycles. The maximum absolute atomic E-state index is 12.5. The minimum Gasteiger partial charge on any atom is -0.497 e. The predicted octanol–water partition coefficient (Wildman–Crippen LogP) is 7.17. The number of piperidine rings is 1. The number of hydrogen-bond donors (Lipinski definition) is 2. The third-order valence-corrected chi connectivity index (χ3v) is 7.19. The highest BCUT2D eigenvalue weighted by Gasteiger charge is 2.38. The summed E-state index contributed by atoms with van der Waals surface area (Å²) in [6.07, 6.45) is -3.42. The number of halogens is 5. The molecule has 3 aromatic rings. The van der Waals surface area contributed by atoms with Crippen LogP contribution in [-0.2, 0) is 17.9 Å². The van der Waals surface area contributed by atoms with Crippen molar-refractivity contribution in [2.45, 2.75) is 32.1 Å². The maximum Gasteiger partial charge on any atom is 0.471 e. The molecule has 1 fully saturated rings. The minimum absolute atomic E-state index is 0.0248. The van der Waals surface area contributed by atoms with Crippen molar-refractivity contribution < 1.29 is 22.7 Å². The normalized spacial score (nSPS) is 14.7. The van der Waals surface area contributed by atoms with E-state index in [4.69, 9.17) is 27.9 Å². The second kappa shape index (κ2) is 12.9. The van der Waals surface area contributed by atoms with Gasteiger partial charge in [-0.1, -0.05) is 29.3 Å². The van der Waals surface area contributed by atoms with Crippen LogP contribution in [-0.4, -0.2) is 43.7 Å². The number of benzene rings is 3. The van der Waals surface area contributed by atoms with Gasteiger partial charge >= 0.3 is 12.1 Å². The fourth-order valence-corrected chi connectivity index (χ4v) is 5.23. The number of carbonyl (C=O) groups is 1. The molecule has 39 heavy (non-hydrogen) atoms. The average Bonchev–Trinajstić information content (AvgIpc) is 2.90. The van der Waals surface area contributed by atoms with Gasteiger partial charge < -0.3 is 15.4 Å². The van der Waals surface area contributed by atoms with Crippen LogP contribution in [0.1, 0.15) is 24.0 Å². The quantitative estimate of drug-likeness (QED) is 0.282. The Bertz CT molecular complexity index is 1260. The topological polar surface area (TPSA) is 53.6 Å². The Morgan fingerprint density at radius 2 is 1.56 bits per heavy atom. The minimum atomic E-state index is -4.85. The molecular weight excluding hydrogens is 550 g/mol. The Morgan fingerprint density at radius 1 is 0.949 bits per heavy atom. The Balaban J connectivity index is 1.45. The average molecular weight is 580 g/mol. The van der Waals surface area contributed by atoms with Crippen LogP contribution in [0.15, 0.2) is 60.7 Å². The number of anilines is 1.